The first-order chi connectivity index (χ1) is 21.5. The quantitative estimate of drug-likeness (QED) is 0.184. The van der Waals surface area contributed by atoms with Gasteiger partial charge in [0.25, 0.3) is 10.0 Å². The zero-order chi connectivity index (χ0) is 32.2. The molecule has 45 heavy (non-hydrogen) atoms. The molecule has 8 nitrogen and oxygen atoms in total. The third-order valence-electron chi connectivity index (χ3n) is 7.33. The predicted molar refractivity (Wildman–Crippen MR) is 161 cm³/mol. The number of carbonyl (C=O) groups is 2. The minimum Gasteiger partial charge on any atom is -0.492 e. The number of carbonyl (C=O) groups excluding carboxylic acids is 2. The number of rotatable bonds is 10. The van der Waals surface area contributed by atoms with Gasteiger partial charge in [-0.2, -0.15) is 13.2 Å². The molecular formula is C33H29F3N2O6S. The van der Waals surface area contributed by atoms with Crippen LogP contribution in [0.2, 0.25) is 0 Å². The molecule has 1 aliphatic heterocycles. The Labute approximate surface area is 258 Å². The lowest BCUT2D eigenvalue weighted by Gasteiger charge is -2.26. The Bertz CT molecular complexity index is 1790. The van der Waals surface area contributed by atoms with Crippen LogP contribution in [-0.2, 0) is 43.4 Å². The molecule has 0 aliphatic carbocycles. The largest absolute Gasteiger partial charge is 0.492 e. The van der Waals surface area contributed by atoms with Crippen molar-refractivity contribution in [3.63, 3.8) is 0 Å². The van der Waals surface area contributed by atoms with Crippen LogP contribution < -0.4 is 14.4 Å². The summed E-state index contributed by atoms with van der Waals surface area (Å²) < 4.78 is 78.9. The molecule has 234 valence electrons. The molecule has 5 rings (SSSR count). The fraction of sp³-hybridized carbons (Fsp3) is 0.212. The number of halogens is 3. The molecule has 4 aromatic rings. The summed E-state index contributed by atoms with van der Waals surface area (Å²) in [4.78, 5) is 24.7. The molecule has 0 saturated heterocycles. The van der Waals surface area contributed by atoms with Gasteiger partial charge in [-0.25, -0.2) is 8.42 Å². The van der Waals surface area contributed by atoms with Gasteiger partial charge in [0.1, 0.15) is 18.4 Å². The van der Waals surface area contributed by atoms with Crippen molar-refractivity contribution >= 4 is 27.6 Å². The van der Waals surface area contributed by atoms with Crippen LogP contribution in [0, 0.1) is 0 Å². The molecule has 1 unspecified atom stereocenters. The van der Waals surface area contributed by atoms with Crippen molar-refractivity contribution in [3.8, 4) is 16.9 Å². The molecule has 0 bridgehead atoms. The highest BCUT2D eigenvalue weighted by Crippen LogP contribution is 2.38. The molecule has 1 amide bonds. The Balaban J connectivity index is 1.28. The number of sulfonamides is 1. The molecule has 0 aromatic heterocycles. The number of nitrogens with one attached hydrogen (secondary N) is 1. The van der Waals surface area contributed by atoms with Crippen LogP contribution in [0.15, 0.2) is 102 Å². The highest BCUT2D eigenvalue weighted by atomic mass is 32.2. The first-order valence-electron chi connectivity index (χ1n) is 13.9. The van der Waals surface area contributed by atoms with Gasteiger partial charge in [-0.3, -0.25) is 13.9 Å². The van der Waals surface area contributed by atoms with Crippen LogP contribution in [0.1, 0.15) is 16.7 Å². The maximum Gasteiger partial charge on any atom is 0.416 e. The lowest BCUT2D eigenvalue weighted by Crippen LogP contribution is -2.48. The molecular weight excluding hydrogens is 609 g/mol. The topological polar surface area (TPSA) is 102 Å². The third-order valence-corrected chi connectivity index (χ3v) is 9.17. The number of esters is 1. The summed E-state index contributed by atoms with van der Waals surface area (Å²) in [5, 5.41) is 2.75. The predicted octanol–water partition coefficient (Wildman–Crippen LogP) is 5.40. The molecule has 1 atom stereocenters. The molecule has 0 fully saturated rings. The minimum atomic E-state index is -4.51. The van der Waals surface area contributed by atoms with Crippen LogP contribution >= 0.6 is 0 Å². The third kappa shape index (κ3) is 7.12. The van der Waals surface area contributed by atoms with Crippen molar-refractivity contribution < 1.29 is 40.7 Å². The monoisotopic (exact) mass is 638 g/mol. The first-order valence-corrected chi connectivity index (χ1v) is 15.4. The van der Waals surface area contributed by atoms with Gasteiger partial charge in [0.15, 0.2) is 0 Å². The summed E-state index contributed by atoms with van der Waals surface area (Å²) in [6.07, 6.45) is -4.22. The van der Waals surface area contributed by atoms with Crippen molar-refractivity contribution in [2.45, 2.75) is 30.0 Å². The summed E-state index contributed by atoms with van der Waals surface area (Å²) in [6.45, 7) is 0.223. The SMILES string of the molecule is COC(=O)Cc1ccc(OCCNC(=O)C2Cc3ccccc3N2S(=O)(=O)c2ccc(-c3cccc(C(F)(F)F)c3)cc2)cc1. The smallest absolute Gasteiger partial charge is 0.416 e. The van der Waals surface area contributed by atoms with E-state index in [0.29, 0.717) is 22.6 Å². The fourth-order valence-electron chi connectivity index (χ4n) is 5.07. The Morgan fingerprint density at radius 1 is 0.911 bits per heavy atom. The van der Waals surface area contributed by atoms with Crippen molar-refractivity contribution in [2.75, 3.05) is 24.6 Å². The number of nitrogens with zero attached hydrogens (tertiary/aromatic N) is 1. The van der Waals surface area contributed by atoms with Gasteiger partial charge in [-0.15, -0.1) is 0 Å². The molecule has 4 aromatic carbocycles. The number of alkyl halides is 3. The van der Waals surface area contributed by atoms with E-state index in [1.54, 1.807) is 48.5 Å². The minimum absolute atomic E-state index is 0.105. The van der Waals surface area contributed by atoms with Gasteiger partial charge >= 0.3 is 12.1 Å². The number of hydrogen-bond acceptors (Lipinski definition) is 6. The van der Waals surface area contributed by atoms with Gasteiger partial charge in [-0.1, -0.05) is 54.6 Å². The molecule has 1 aliphatic rings. The number of methoxy groups -OCH3 is 1. The number of ether oxygens (including phenoxy) is 2. The zero-order valence-electron chi connectivity index (χ0n) is 24.1. The van der Waals surface area contributed by atoms with Crippen molar-refractivity contribution in [1.29, 1.82) is 0 Å². The molecule has 12 heteroatoms. The van der Waals surface area contributed by atoms with Gasteiger partial charge in [-0.05, 0) is 64.7 Å². The summed E-state index contributed by atoms with van der Waals surface area (Å²) in [5.74, 6) is -0.333. The average Bonchev–Trinajstić information content (AvgIpc) is 3.44. The van der Waals surface area contributed by atoms with Crippen LogP contribution in [0.5, 0.6) is 5.75 Å². The van der Waals surface area contributed by atoms with Crippen LogP contribution in [0.4, 0.5) is 18.9 Å². The lowest BCUT2D eigenvalue weighted by molar-refractivity contribution is -0.140. The maximum atomic E-state index is 13.9. The Morgan fingerprint density at radius 2 is 1.62 bits per heavy atom. The van der Waals surface area contributed by atoms with E-state index in [9.17, 15) is 31.2 Å². The Kier molecular flexibility index (Phi) is 9.14. The van der Waals surface area contributed by atoms with E-state index >= 15 is 0 Å². The van der Waals surface area contributed by atoms with Crippen LogP contribution in [-0.4, -0.2) is 46.6 Å². The number of amides is 1. The second kappa shape index (κ2) is 13.0. The molecule has 1 heterocycles. The van der Waals surface area contributed by atoms with Crippen molar-refractivity contribution in [3.05, 3.63) is 114 Å². The van der Waals surface area contributed by atoms with Gasteiger partial charge in [0.05, 0.1) is 36.2 Å². The summed E-state index contributed by atoms with van der Waals surface area (Å²) in [6, 6.07) is 22.9. The number of fused-ring (bicyclic) bond motifs is 1. The zero-order valence-corrected chi connectivity index (χ0v) is 24.9. The first kappa shape index (κ1) is 31.6. The molecule has 0 spiro atoms. The van der Waals surface area contributed by atoms with E-state index in [1.807, 2.05) is 0 Å². The number of para-hydroxylation sites is 1. The Morgan fingerprint density at radius 3 is 2.31 bits per heavy atom. The highest BCUT2D eigenvalue weighted by molar-refractivity contribution is 7.93. The standard InChI is InChI=1S/C33H29F3N2O6S/c1-43-31(39)19-22-9-13-27(14-10-22)44-18-17-37-32(40)30-21-25-5-2-3-8-29(25)38(30)45(41,42)28-15-11-23(12-16-28)24-6-4-7-26(20-24)33(34,35)36/h2-16,20,30H,17-19,21H2,1H3,(H,37,40). The van der Waals surface area contributed by atoms with Crippen LogP contribution in [0.3, 0.4) is 0 Å². The molecule has 1 N–H and O–H groups in total. The van der Waals surface area contributed by atoms with E-state index < -0.39 is 33.7 Å². The second-order valence-corrected chi connectivity index (χ2v) is 12.1. The van der Waals surface area contributed by atoms with E-state index in [0.717, 1.165) is 22.0 Å². The molecule has 0 radical (unpaired) electrons. The van der Waals surface area contributed by atoms with Crippen molar-refractivity contribution in [1.82, 2.24) is 5.32 Å². The van der Waals surface area contributed by atoms with Gasteiger partial charge in [0.2, 0.25) is 5.91 Å². The average molecular weight is 639 g/mol. The normalized spacial score (nSPS) is 14.5. The summed E-state index contributed by atoms with van der Waals surface area (Å²) >= 11 is 0. The number of hydrogen-bond donors (Lipinski definition) is 1. The van der Waals surface area contributed by atoms with E-state index in [-0.39, 0.29) is 42.4 Å². The van der Waals surface area contributed by atoms with Crippen LogP contribution in [0.25, 0.3) is 11.1 Å². The highest BCUT2D eigenvalue weighted by Gasteiger charge is 2.42. The van der Waals surface area contributed by atoms with E-state index in [4.69, 9.17) is 4.74 Å². The second-order valence-electron chi connectivity index (χ2n) is 10.3. The Hall–Kier alpha value is -4.84. The van der Waals surface area contributed by atoms with E-state index in [1.165, 1.54) is 43.5 Å². The molecule has 0 saturated carbocycles. The number of anilines is 1. The van der Waals surface area contributed by atoms with Gasteiger partial charge in [0, 0.05) is 6.42 Å². The maximum absolute atomic E-state index is 13.9. The fourth-order valence-corrected chi connectivity index (χ4v) is 6.71. The van der Waals surface area contributed by atoms with E-state index in [2.05, 4.69) is 10.1 Å². The summed E-state index contributed by atoms with van der Waals surface area (Å²) in [5.41, 5.74) is 1.72. The summed E-state index contributed by atoms with van der Waals surface area (Å²) in [7, 11) is -2.92. The van der Waals surface area contributed by atoms with Gasteiger partial charge < -0.3 is 14.8 Å². The van der Waals surface area contributed by atoms with Crippen molar-refractivity contribution in [2.24, 2.45) is 0 Å². The number of benzene rings is 4. The lowest BCUT2D eigenvalue weighted by atomic mass is 10.0.